The normalized spacial score (nSPS) is 39.0. The number of carbonyl (C=O) groups is 1. The van der Waals surface area contributed by atoms with Crippen LogP contribution in [0.25, 0.3) is 0 Å². The zero-order valence-corrected chi connectivity index (χ0v) is 38.2. The fraction of sp³-hybridized carbons (Fsp3) is 0.925. The Bertz CT molecular complexity index is 1610. The third kappa shape index (κ3) is 14.4. The summed E-state index contributed by atoms with van der Waals surface area (Å²) in [7, 11) is 0. The van der Waals surface area contributed by atoms with Crippen LogP contribution in [-0.2, 0) is 70.0 Å². The molecule has 394 valence electrons. The van der Waals surface area contributed by atoms with E-state index >= 15 is 0 Å². The number of aromatic nitrogens is 3. The predicted molar refractivity (Wildman–Crippen MR) is 222 cm³/mol. The molecule has 4 fully saturated rings. The molecule has 1 amide bonds. The first-order chi connectivity index (χ1) is 32.6. The predicted octanol–water partition coefficient (Wildman–Crippen LogP) is -7.77. The molecule has 0 aliphatic carbocycles. The Hall–Kier alpha value is -2.31. The maximum Gasteiger partial charge on any atom is 0.221 e. The van der Waals surface area contributed by atoms with Crippen LogP contribution in [0.4, 0.5) is 0 Å². The summed E-state index contributed by atoms with van der Waals surface area (Å²) in [5, 5.41) is 127. The van der Waals surface area contributed by atoms with Crippen molar-refractivity contribution in [1.82, 2.24) is 19.9 Å². The summed E-state index contributed by atoms with van der Waals surface area (Å²) in [6.45, 7) is 4.94. The minimum absolute atomic E-state index is 0.249. The van der Waals surface area contributed by atoms with E-state index in [-0.39, 0.29) is 25.4 Å². The highest BCUT2D eigenvalue weighted by molar-refractivity contribution is 5.73. The van der Waals surface area contributed by atoms with Gasteiger partial charge in [-0.15, -0.1) is 5.10 Å². The van der Waals surface area contributed by atoms with E-state index in [2.05, 4.69) is 10.3 Å². The third-order valence-electron chi connectivity index (χ3n) is 12.0. The quantitative estimate of drug-likeness (QED) is 0.0384. The van der Waals surface area contributed by atoms with E-state index in [4.69, 9.17) is 57.8 Å². The molecule has 5 heterocycles. The van der Waals surface area contributed by atoms with Crippen molar-refractivity contribution in [2.24, 2.45) is 11.7 Å². The zero-order valence-electron chi connectivity index (χ0n) is 38.2. The molecule has 13 N–H and O–H groups in total. The minimum Gasteiger partial charge on any atom is -0.394 e. The molecule has 28 heteroatoms. The van der Waals surface area contributed by atoms with Gasteiger partial charge in [0.15, 0.2) is 25.1 Å². The Balaban J connectivity index is 1.26. The van der Waals surface area contributed by atoms with Gasteiger partial charge in [-0.2, -0.15) is 0 Å². The van der Waals surface area contributed by atoms with Crippen LogP contribution in [0.5, 0.6) is 0 Å². The first-order valence-electron chi connectivity index (χ1n) is 22.6. The molecule has 4 aliphatic heterocycles. The number of aliphatic hydroxyl groups excluding tert-OH is 11. The summed E-state index contributed by atoms with van der Waals surface area (Å²) < 4.78 is 64.9. The van der Waals surface area contributed by atoms with E-state index in [1.165, 1.54) is 31.6 Å². The summed E-state index contributed by atoms with van der Waals surface area (Å²) in [5.41, 5.74) is 5.62. The SMILES string of the molecule is CC(=O)N(Cc1cn(CCOCCOCCOCCOCCN)nn1)C1O[C@@H](CO)[C@@H](OC2OC(CO)[C@H](O)[C@H](OC3OC(CO)[C@H](O)[C@H](O)[C@@H]3C)[C@@H]2OC2OC(C)[C@@H](O)[C@H](O)[C@H]2O)C(O)C1O. The van der Waals surface area contributed by atoms with Crippen molar-refractivity contribution in [2.75, 3.05) is 79.2 Å². The van der Waals surface area contributed by atoms with Crippen LogP contribution >= 0.6 is 0 Å². The second-order valence-corrected chi connectivity index (χ2v) is 16.9. The van der Waals surface area contributed by atoms with Crippen LogP contribution in [0.3, 0.4) is 0 Å². The van der Waals surface area contributed by atoms with Gasteiger partial charge in [-0.25, -0.2) is 4.68 Å². The first kappa shape index (κ1) is 56.6. The smallest absolute Gasteiger partial charge is 0.221 e. The van der Waals surface area contributed by atoms with Crippen molar-refractivity contribution in [2.45, 2.75) is 151 Å². The summed E-state index contributed by atoms with van der Waals surface area (Å²) in [6, 6.07) is 0. The topological polar surface area (TPSA) is 401 Å². The average Bonchev–Trinajstić information content (AvgIpc) is 3.78. The molecule has 0 radical (unpaired) electrons. The van der Waals surface area contributed by atoms with Crippen molar-refractivity contribution >= 4 is 5.91 Å². The van der Waals surface area contributed by atoms with Gasteiger partial charge < -0.3 is 119 Å². The van der Waals surface area contributed by atoms with Gasteiger partial charge in [-0.3, -0.25) is 4.79 Å². The van der Waals surface area contributed by atoms with Gasteiger partial charge in [-0.1, -0.05) is 12.1 Å². The Kier molecular flexibility index (Phi) is 22.9. The second kappa shape index (κ2) is 27.5. The molecule has 68 heavy (non-hydrogen) atoms. The number of nitrogens with two attached hydrogens (primary N) is 1. The molecular formula is C40H71N5O23. The Morgan fingerprint density at radius 2 is 1.18 bits per heavy atom. The van der Waals surface area contributed by atoms with Crippen LogP contribution in [0.15, 0.2) is 6.20 Å². The third-order valence-corrected chi connectivity index (χ3v) is 12.0. The molecule has 0 saturated carbocycles. The molecule has 5 rings (SSSR count). The maximum absolute atomic E-state index is 13.1. The van der Waals surface area contributed by atoms with Crippen LogP contribution in [0, 0.1) is 5.92 Å². The molecule has 4 saturated heterocycles. The molecule has 0 bridgehead atoms. The van der Waals surface area contributed by atoms with E-state index in [0.717, 1.165) is 4.90 Å². The van der Waals surface area contributed by atoms with Gasteiger partial charge in [0.2, 0.25) is 5.91 Å². The van der Waals surface area contributed by atoms with Crippen LogP contribution in [-0.4, -0.2) is 278 Å². The van der Waals surface area contributed by atoms with Crippen molar-refractivity contribution in [3.63, 3.8) is 0 Å². The lowest BCUT2D eigenvalue weighted by atomic mass is 9.91. The lowest BCUT2D eigenvalue weighted by Gasteiger charge is -2.51. The largest absolute Gasteiger partial charge is 0.394 e. The number of hydrogen-bond acceptors (Lipinski definition) is 26. The highest BCUT2D eigenvalue weighted by Crippen LogP contribution is 2.37. The van der Waals surface area contributed by atoms with Gasteiger partial charge in [0.25, 0.3) is 0 Å². The van der Waals surface area contributed by atoms with Crippen molar-refractivity contribution in [3.05, 3.63) is 11.9 Å². The number of amides is 1. The van der Waals surface area contributed by atoms with Gasteiger partial charge in [0.1, 0.15) is 85.0 Å². The fourth-order valence-electron chi connectivity index (χ4n) is 7.99. The molecule has 1 aromatic heterocycles. The van der Waals surface area contributed by atoms with Gasteiger partial charge in [0.05, 0.1) is 104 Å². The molecule has 4 aliphatic rings. The van der Waals surface area contributed by atoms with Crippen LogP contribution in [0.2, 0.25) is 0 Å². The van der Waals surface area contributed by atoms with Gasteiger partial charge in [0, 0.05) is 19.4 Å². The number of ether oxygens (including phenoxy) is 11. The minimum atomic E-state index is -1.97. The summed E-state index contributed by atoms with van der Waals surface area (Å²) in [6.07, 6.45) is -30.2. The second-order valence-electron chi connectivity index (χ2n) is 16.9. The van der Waals surface area contributed by atoms with E-state index < -0.39 is 148 Å². The number of carbonyl (C=O) groups excluding carboxylic acids is 1. The maximum atomic E-state index is 13.1. The highest BCUT2D eigenvalue weighted by atomic mass is 16.8. The molecule has 28 nitrogen and oxygen atoms in total. The molecule has 0 aromatic carbocycles. The lowest BCUT2D eigenvalue weighted by molar-refractivity contribution is -0.400. The standard InChI is InChI=1S/C40H71N5O23/c1-19-26(50)28(52)23(16-46)64-38(19)67-35-29(53)24(17-47)65-40(36(35)68-39-33(57)30(54)27(51)20(2)62-39)66-34-25(18-48)63-37(32(56)31(34)55)45(21(3)49)15-22-14-44(43-42-22)5-7-59-9-11-61-13-12-60-10-8-58-6-4-41/h14,19-20,23-40,46-48,50-57H,4-13,15-18,41H2,1-3H3/t19-,20?,23?,24?,25-,26+,27+,28-,29-,30-,31?,32?,33+,34+,35-,36-,37?,38?,39?,40?/m0/s1. The summed E-state index contributed by atoms with van der Waals surface area (Å²) in [4.78, 5) is 14.1. The van der Waals surface area contributed by atoms with Crippen molar-refractivity contribution in [3.8, 4) is 0 Å². The number of nitrogens with zero attached hydrogens (tertiary/aromatic N) is 4. The van der Waals surface area contributed by atoms with Crippen molar-refractivity contribution in [1.29, 1.82) is 0 Å². The van der Waals surface area contributed by atoms with E-state index in [1.54, 1.807) is 0 Å². The van der Waals surface area contributed by atoms with Gasteiger partial charge in [-0.05, 0) is 6.92 Å². The summed E-state index contributed by atoms with van der Waals surface area (Å²) in [5.74, 6) is -1.66. The lowest BCUT2D eigenvalue weighted by Crippen LogP contribution is -2.69. The van der Waals surface area contributed by atoms with Crippen molar-refractivity contribution < 1.29 is 113 Å². The van der Waals surface area contributed by atoms with Crippen LogP contribution < -0.4 is 5.73 Å². The Morgan fingerprint density at radius 3 is 1.78 bits per heavy atom. The highest BCUT2D eigenvalue weighted by Gasteiger charge is 2.56. The molecular weight excluding hydrogens is 918 g/mol. The number of rotatable bonds is 26. The molecule has 0 spiro atoms. The van der Waals surface area contributed by atoms with Crippen LogP contribution in [0.1, 0.15) is 26.5 Å². The number of hydrogen-bond donors (Lipinski definition) is 12. The Morgan fingerprint density at radius 1 is 0.618 bits per heavy atom. The van der Waals surface area contributed by atoms with E-state index in [0.29, 0.717) is 52.8 Å². The van der Waals surface area contributed by atoms with E-state index in [9.17, 15) is 61.0 Å². The summed E-state index contributed by atoms with van der Waals surface area (Å²) >= 11 is 0. The zero-order chi connectivity index (χ0) is 49.7. The fourth-order valence-corrected chi connectivity index (χ4v) is 7.99. The van der Waals surface area contributed by atoms with Gasteiger partial charge >= 0.3 is 0 Å². The Labute approximate surface area is 391 Å². The molecule has 9 unspecified atom stereocenters. The average molecular weight is 990 g/mol. The molecule has 20 atom stereocenters. The number of aliphatic hydroxyl groups is 11. The van der Waals surface area contributed by atoms with E-state index in [1.807, 2.05) is 0 Å². The monoisotopic (exact) mass is 989 g/mol. The molecule has 1 aromatic rings. The first-order valence-corrected chi connectivity index (χ1v) is 22.6.